The lowest BCUT2D eigenvalue weighted by Gasteiger charge is -2.29. The van der Waals surface area contributed by atoms with Gasteiger partial charge in [-0.2, -0.15) is 0 Å². The molecule has 0 saturated carbocycles. The van der Waals surface area contributed by atoms with Crippen molar-refractivity contribution in [1.29, 1.82) is 0 Å². The second kappa shape index (κ2) is 6.72. The molecule has 2 nitrogen and oxygen atoms in total. The second-order valence-corrected chi connectivity index (χ2v) is 5.14. The fourth-order valence-corrected chi connectivity index (χ4v) is 2.65. The highest BCUT2D eigenvalue weighted by molar-refractivity contribution is 5.19. The molecule has 0 radical (unpaired) electrons. The molecule has 0 bridgehead atoms. The Bertz CT molecular complexity index is 361. The maximum Gasteiger partial charge on any atom is 0.0449 e. The second-order valence-electron chi connectivity index (χ2n) is 5.14. The van der Waals surface area contributed by atoms with Crippen molar-refractivity contribution < 1.29 is 0 Å². The molecule has 0 spiro atoms. The lowest BCUT2D eigenvalue weighted by molar-refractivity contribution is 0.206. The van der Waals surface area contributed by atoms with Crippen molar-refractivity contribution in [1.82, 2.24) is 10.2 Å². The van der Waals surface area contributed by atoms with Gasteiger partial charge in [-0.25, -0.2) is 0 Å². The highest BCUT2D eigenvalue weighted by Crippen LogP contribution is 2.19. The minimum absolute atomic E-state index is 0.459. The van der Waals surface area contributed by atoms with E-state index in [0.717, 1.165) is 19.5 Å². The first kappa shape index (κ1) is 13.3. The van der Waals surface area contributed by atoms with E-state index in [1.807, 2.05) is 6.08 Å². The van der Waals surface area contributed by atoms with Gasteiger partial charge in [0.15, 0.2) is 0 Å². The van der Waals surface area contributed by atoms with Gasteiger partial charge < -0.3 is 5.32 Å². The largest absolute Gasteiger partial charge is 0.309 e. The van der Waals surface area contributed by atoms with Crippen LogP contribution in [0, 0.1) is 0 Å². The van der Waals surface area contributed by atoms with Gasteiger partial charge in [-0.3, -0.25) is 4.90 Å². The minimum Gasteiger partial charge on any atom is -0.309 e. The van der Waals surface area contributed by atoms with Crippen LogP contribution < -0.4 is 5.32 Å². The average Bonchev–Trinajstić information content (AvgIpc) is 2.66. The topological polar surface area (TPSA) is 15.3 Å². The van der Waals surface area contributed by atoms with E-state index >= 15 is 0 Å². The van der Waals surface area contributed by atoms with E-state index in [9.17, 15) is 0 Å². The summed E-state index contributed by atoms with van der Waals surface area (Å²) in [4.78, 5) is 2.58. The van der Waals surface area contributed by atoms with E-state index in [1.54, 1.807) is 0 Å². The van der Waals surface area contributed by atoms with E-state index < -0.39 is 0 Å². The maximum atomic E-state index is 3.85. The molecule has 1 fully saturated rings. The van der Waals surface area contributed by atoms with Gasteiger partial charge in [0.05, 0.1) is 0 Å². The van der Waals surface area contributed by atoms with Crippen LogP contribution in [-0.4, -0.2) is 30.6 Å². The summed E-state index contributed by atoms with van der Waals surface area (Å²) in [5, 5.41) is 3.66. The number of rotatable bonds is 4. The average molecular weight is 244 g/mol. The molecular weight excluding hydrogens is 220 g/mol. The summed E-state index contributed by atoms with van der Waals surface area (Å²) < 4.78 is 0. The molecule has 2 unspecified atom stereocenters. The van der Waals surface area contributed by atoms with Crippen LogP contribution in [0.4, 0.5) is 0 Å². The zero-order chi connectivity index (χ0) is 12.8. The SMILES string of the molecule is C=CCC(C)N1CCCNC(c2ccccc2)C1. The highest BCUT2D eigenvalue weighted by atomic mass is 15.2. The Hall–Kier alpha value is -1.12. The van der Waals surface area contributed by atoms with Gasteiger partial charge in [0.1, 0.15) is 0 Å². The molecule has 0 aliphatic carbocycles. The smallest absolute Gasteiger partial charge is 0.0449 e. The molecule has 1 aromatic rings. The van der Waals surface area contributed by atoms with Gasteiger partial charge >= 0.3 is 0 Å². The van der Waals surface area contributed by atoms with E-state index in [4.69, 9.17) is 0 Å². The minimum atomic E-state index is 0.459. The molecule has 98 valence electrons. The van der Waals surface area contributed by atoms with Crippen LogP contribution in [0.3, 0.4) is 0 Å². The summed E-state index contributed by atoms with van der Waals surface area (Å²) >= 11 is 0. The molecular formula is C16H24N2. The normalized spacial score (nSPS) is 23.3. The lowest BCUT2D eigenvalue weighted by Crippen LogP contribution is -2.37. The Morgan fingerprint density at radius 3 is 2.94 bits per heavy atom. The summed E-state index contributed by atoms with van der Waals surface area (Å²) in [7, 11) is 0. The number of hydrogen-bond donors (Lipinski definition) is 1. The Balaban J connectivity index is 2.05. The Morgan fingerprint density at radius 1 is 1.44 bits per heavy atom. The van der Waals surface area contributed by atoms with Crippen LogP contribution in [0.2, 0.25) is 0 Å². The van der Waals surface area contributed by atoms with Crippen molar-refractivity contribution in [3.05, 3.63) is 48.6 Å². The molecule has 2 heteroatoms. The quantitative estimate of drug-likeness (QED) is 0.819. The van der Waals surface area contributed by atoms with Gasteiger partial charge in [-0.15, -0.1) is 6.58 Å². The third kappa shape index (κ3) is 3.44. The molecule has 1 aliphatic heterocycles. The summed E-state index contributed by atoms with van der Waals surface area (Å²) in [6.45, 7) is 9.54. The zero-order valence-electron chi connectivity index (χ0n) is 11.3. The van der Waals surface area contributed by atoms with Crippen molar-refractivity contribution in [3.8, 4) is 0 Å². The van der Waals surface area contributed by atoms with Gasteiger partial charge in [-0.1, -0.05) is 36.4 Å². The maximum absolute atomic E-state index is 3.85. The summed E-state index contributed by atoms with van der Waals surface area (Å²) in [6.07, 6.45) is 4.33. The number of hydrogen-bond acceptors (Lipinski definition) is 2. The first-order valence-electron chi connectivity index (χ1n) is 6.94. The van der Waals surface area contributed by atoms with Gasteiger partial charge in [0.25, 0.3) is 0 Å². The van der Waals surface area contributed by atoms with Crippen LogP contribution >= 0.6 is 0 Å². The van der Waals surface area contributed by atoms with Crippen molar-refractivity contribution in [2.24, 2.45) is 0 Å². The van der Waals surface area contributed by atoms with Crippen LogP contribution in [0.15, 0.2) is 43.0 Å². The summed E-state index contributed by atoms with van der Waals surface area (Å²) in [6, 6.07) is 11.8. The predicted octanol–water partition coefficient (Wildman–Crippen LogP) is 2.99. The van der Waals surface area contributed by atoms with Crippen molar-refractivity contribution in [2.45, 2.75) is 31.8 Å². The standard InChI is InChI=1S/C16H24N2/c1-3-8-14(2)18-12-7-11-17-16(13-18)15-9-5-4-6-10-15/h3-6,9-10,14,16-17H,1,7-8,11-13H2,2H3. The summed E-state index contributed by atoms with van der Waals surface area (Å²) in [5.41, 5.74) is 1.40. The molecule has 1 aromatic carbocycles. The van der Waals surface area contributed by atoms with Gasteiger partial charge in [0, 0.05) is 18.6 Å². The first-order chi connectivity index (χ1) is 8.81. The molecule has 0 amide bonds. The molecule has 1 aliphatic rings. The molecule has 18 heavy (non-hydrogen) atoms. The van der Waals surface area contributed by atoms with Gasteiger partial charge in [-0.05, 0) is 38.4 Å². The molecule has 1 N–H and O–H groups in total. The van der Waals surface area contributed by atoms with Crippen molar-refractivity contribution >= 4 is 0 Å². The molecule has 1 heterocycles. The highest BCUT2D eigenvalue weighted by Gasteiger charge is 2.21. The van der Waals surface area contributed by atoms with Gasteiger partial charge in [0.2, 0.25) is 0 Å². The Morgan fingerprint density at radius 2 is 2.22 bits per heavy atom. The first-order valence-corrected chi connectivity index (χ1v) is 6.94. The van der Waals surface area contributed by atoms with Crippen LogP contribution in [0.25, 0.3) is 0 Å². The zero-order valence-corrected chi connectivity index (χ0v) is 11.3. The van der Waals surface area contributed by atoms with Crippen LogP contribution in [0.1, 0.15) is 31.4 Å². The van der Waals surface area contributed by atoms with Crippen LogP contribution in [-0.2, 0) is 0 Å². The van der Waals surface area contributed by atoms with E-state index in [-0.39, 0.29) is 0 Å². The monoisotopic (exact) mass is 244 g/mol. The Kier molecular flexibility index (Phi) is 4.97. The number of benzene rings is 1. The molecule has 2 atom stereocenters. The molecule has 2 rings (SSSR count). The van der Waals surface area contributed by atoms with Crippen molar-refractivity contribution in [3.63, 3.8) is 0 Å². The third-order valence-electron chi connectivity index (χ3n) is 3.76. The van der Waals surface area contributed by atoms with Crippen LogP contribution in [0.5, 0.6) is 0 Å². The summed E-state index contributed by atoms with van der Waals surface area (Å²) in [5.74, 6) is 0. The lowest BCUT2D eigenvalue weighted by atomic mass is 10.1. The molecule has 0 aromatic heterocycles. The van der Waals surface area contributed by atoms with E-state index in [2.05, 4.69) is 54.1 Å². The van der Waals surface area contributed by atoms with Crippen molar-refractivity contribution in [2.75, 3.05) is 19.6 Å². The fraction of sp³-hybridized carbons (Fsp3) is 0.500. The Labute approximate surface area is 111 Å². The number of nitrogens with zero attached hydrogens (tertiary/aromatic N) is 1. The van der Waals surface area contributed by atoms with E-state index in [0.29, 0.717) is 12.1 Å². The third-order valence-corrected chi connectivity index (χ3v) is 3.76. The van der Waals surface area contributed by atoms with E-state index in [1.165, 1.54) is 18.5 Å². The fourth-order valence-electron chi connectivity index (χ4n) is 2.65. The predicted molar refractivity (Wildman–Crippen MR) is 77.7 cm³/mol. The molecule has 1 saturated heterocycles. The number of nitrogens with one attached hydrogen (secondary N) is 1.